The molecule has 1 aromatic heterocycles. The van der Waals surface area contributed by atoms with Gasteiger partial charge in [-0.1, -0.05) is 24.3 Å². The molecule has 4 heteroatoms. The van der Waals surface area contributed by atoms with Gasteiger partial charge in [0.15, 0.2) is 0 Å². The van der Waals surface area contributed by atoms with Crippen LogP contribution in [-0.4, -0.2) is 28.9 Å². The van der Waals surface area contributed by atoms with Crippen LogP contribution >= 0.6 is 0 Å². The van der Waals surface area contributed by atoms with Crippen molar-refractivity contribution in [3.63, 3.8) is 0 Å². The van der Waals surface area contributed by atoms with Crippen LogP contribution in [0.15, 0.2) is 36.5 Å². The van der Waals surface area contributed by atoms with Gasteiger partial charge in [-0.15, -0.1) is 0 Å². The average Bonchev–Trinajstić information content (AvgIpc) is 2.63. The van der Waals surface area contributed by atoms with Gasteiger partial charge in [0.2, 0.25) is 5.91 Å². The summed E-state index contributed by atoms with van der Waals surface area (Å²) < 4.78 is 0. The predicted molar refractivity (Wildman–Crippen MR) is 69.8 cm³/mol. The number of hydrogen-bond donors (Lipinski definition) is 1. The Morgan fingerprint density at radius 3 is 2.83 bits per heavy atom. The third-order valence-corrected chi connectivity index (χ3v) is 3.61. The molecule has 2 N–H and O–H groups in total. The number of nitrogens with zero attached hydrogens (tertiary/aromatic N) is 2. The van der Waals surface area contributed by atoms with Gasteiger partial charge in [0.25, 0.3) is 0 Å². The lowest BCUT2D eigenvalue weighted by molar-refractivity contribution is -0.127. The van der Waals surface area contributed by atoms with Crippen molar-refractivity contribution in [1.82, 2.24) is 9.88 Å². The lowest BCUT2D eigenvalue weighted by Crippen LogP contribution is -2.30. The van der Waals surface area contributed by atoms with E-state index in [1.54, 1.807) is 11.1 Å². The second-order valence-corrected chi connectivity index (χ2v) is 4.74. The largest absolute Gasteiger partial charge is 0.337 e. The zero-order valence-corrected chi connectivity index (χ0v) is 10.2. The highest BCUT2D eigenvalue weighted by atomic mass is 16.2. The summed E-state index contributed by atoms with van der Waals surface area (Å²) in [6.45, 7) is 0. The van der Waals surface area contributed by atoms with Crippen LogP contribution in [0.4, 0.5) is 0 Å². The topological polar surface area (TPSA) is 59.2 Å². The number of carbonyl (C=O) groups is 1. The normalized spacial score (nSPS) is 23.9. The van der Waals surface area contributed by atoms with Crippen LogP contribution in [0.3, 0.4) is 0 Å². The van der Waals surface area contributed by atoms with Crippen molar-refractivity contribution in [1.29, 1.82) is 0 Å². The van der Waals surface area contributed by atoms with E-state index in [1.807, 2.05) is 37.4 Å². The SMILES string of the molecule is CN1C(=O)CC(N)C1c1cccc2cccnc12. The fraction of sp³-hybridized carbons (Fsp3) is 0.286. The quantitative estimate of drug-likeness (QED) is 0.822. The molecule has 0 radical (unpaired) electrons. The smallest absolute Gasteiger partial charge is 0.224 e. The molecular weight excluding hydrogens is 226 g/mol. The van der Waals surface area contributed by atoms with Gasteiger partial charge in [0.05, 0.1) is 11.6 Å². The van der Waals surface area contributed by atoms with Gasteiger partial charge in [-0.2, -0.15) is 0 Å². The van der Waals surface area contributed by atoms with Crippen molar-refractivity contribution in [2.75, 3.05) is 7.05 Å². The molecular formula is C14H15N3O. The summed E-state index contributed by atoms with van der Waals surface area (Å²) in [5, 5.41) is 1.08. The molecule has 1 aliphatic rings. The Kier molecular flexibility index (Phi) is 2.52. The second-order valence-electron chi connectivity index (χ2n) is 4.74. The first kappa shape index (κ1) is 11.2. The summed E-state index contributed by atoms with van der Waals surface area (Å²) in [6.07, 6.45) is 2.18. The molecule has 18 heavy (non-hydrogen) atoms. The monoisotopic (exact) mass is 241 g/mol. The lowest BCUT2D eigenvalue weighted by atomic mass is 9.98. The Balaban J connectivity index is 2.17. The van der Waals surface area contributed by atoms with Gasteiger partial charge in [-0.25, -0.2) is 0 Å². The van der Waals surface area contributed by atoms with Crippen molar-refractivity contribution in [2.24, 2.45) is 5.73 Å². The highest BCUT2D eigenvalue weighted by Gasteiger charge is 2.37. The zero-order chi connectivity index (χ0) is 12.7. The van der Waals surface area contributed by atoms with Crippen molar-refractivity contribution in [3.8, 4) is 0 Å². The maximum Gasteiger partial charge on any atom is 0.224 e. The van der Waals surface area contributed by atoms with E-state index < -0.39 is 0 Å². The first-order valence-electron chi connectivity index (χ1n) is 6.03. The van der Waals surface area contributed by atoms with Gasteiger partial charge < -0.3 is 10.6 Å². The molecule has 1 aromatic carbocycles. The number of carbonyl (C=O) groups excluding carboxylic acids is 1. The second kappa shape index (κ2) is 4.07. The molecule has 1 fully saturated rings. The van der Waals surface area contributed by atoms with Gasteiger partial charge in [-0.05, 0) is 6.07 Å². The summed E-state index contributed by atoms with van der Waals surface area (Å²) in [4.78, 5) is 17.9. The third kappa shape index (κ3) is 1.57. The number of hydrogen-bond acceptors (Lipinski definition) is 3. The van der Waals surface area contributed by atoms with E-state index in [4.69, 9.17) is 5.73 Å². The highest BCUT2D eigenvalue weighted by molar-refractivity contribution is 5.85. The number of aromatic nitrogens is 1. The Hall–Kier alpha value is -1.94. The van der Waals surface area contributed by atoms with E-state index in [9.17, 15) is 4.79 Å². The van der Waals surface area contributed by atoms with Crippen LogP contribution in [0.1, 0.15) is 18.0 Å². The van der Waals surface area contributed by atoms with Crippen molar-refractivity contribution in [2.45, 2.75) is 18.5 Å². The Bertz CT molecular complexity index is 606. The number of likely N-dealkylation sites (N-methyl/N-ethyl adjacent to an activating group) is 1. The maximum atomic E-state index is 11.7. The minimum absolute atomic E-state index is 0.0731. The molecule has 2 heterocycles. The number of fused-ring (bicyclic) bond motifs is 1. The van der Waals surface area contributed by atoms with Crippen LogP contribution in [0.25, 0.3) is 10.9 Å². The van der Waals surface area contributed by atoms with Crippen LogP contribution in [0.2, 0.25) is 0 Å². The van der Waals surface area contributed by atoms with Gasteiger partial charge in [-0.3, -0.25) is 9.78 Å². The van der Waals surface area contributed by atoms with E-state index in [-0.39, 0.29) is 18.0 Å². The standard InChI is InChI=1S/C14H15N3O/c1-17-12(18)8-11(15)14(17)10-6-2-4-9-5-3-7-16-13(9)10/h2-7,11,14H,8,15H2,1H3. The first-order valence-corrected chi connectivity index (χ1v) is 6.03. The number of benzene rings is 1. The Morgan fingerprint density at radius 1 is 1.33 bits per heavy atom. The summed E-state index contributed by atoms with van der Waals surface area (Å²) in [6, 6.07) is 9.72. The van der Waals surface area contributed by atoms with E-state index >= 15 is 0 Å². The molecule has 4 nitrogen and oxygen atoms in total. The summed E-state index contributed by atoms with van der Waals surface area (Å²) >= 11 is 0. The fourth-order valence-electron chi connectivity index (χ4n) is 2.71. The molecule has 1 aliphatic heterocycles. The number of rotatable bonds is 1. The molecule has 2 atom stereocenters. The number of pyridine rings is 1. The molecule has 1 saturated heterocycles. The number of para-hydroxylation sites is 1. The van der Waals surface area contributed by atoms with Gasteiger partial charge in [0.1, 0.15) is 0 Å². The van der Waals surface area contributed by atoms with E-state index in [2.05, 4.69) is 4.98 Å². The predicted octanol–water partition coefficient (Wildman–Crippen LogP) is 1.47. The average molecular weight is 241 g/mol. The molecule has 92 valence electrons. The molecule has 3 rings (SSSR count). The van der Waals surface area contributed by atoms with Crippen LogP contribution in [0, 0.1) is 0 Å². The Labute approximate surface area is 105 Å². The molecule has 0 spiro atoms. The van der Waals surface area contributed by atoms with Crippen LogP contribution in [-0.2, 0) is 4.79 Å². The number of nitrogens with two attached hydrogens (primary N) is 1. The number of likely N-dealkylation sites (tertiary alicyclic amines) is 1. The molecule has 0 bridgehead atoms. The first-order chi connectivity index (χ1) is 8.68. The molecule has 1 amide bonds. The molecule has 2 aromatic rings. The summed E-state index contributed by atoms with van der Waals surface area (Å²) in [7, 11) is 1.81. The maximum absolute atomic E-state index is 11.7. The van der Waals surface area contributed by atoms with E-state index in [0.717, 1.165) is 16.5 Å². The van der Waals surface area contributed by atoms with Crippen molar-refractivity contribution in [3.05, 3.63) is 42.1 Å². The zero-order valence-electron chi connectivity index (χ0n) is 10.2. The third-order valence-electron chi connectivity index (χ3n) is 3.61. The van der Waals surface area contributed by atoms with Crippen LogP contribution < -0.4 is 5.73 Å². The molecule has 0 aliphatic carbocycles. The van der Waals surface area contributed by atoms with Crippen molar-refractivity contribution >= 4 is 16.8 Å². The number of amides is 1. The minimum atomic E-state index is -0.157. The van der Waals surface area contributed by atoms with Gasteiger partial charge in [0, 0.05) is 36.7 Å². The summed E-state index contributed by atoms with van der Waals surface area (Å²) in [5.74, 6) is 0.0976. The van der Waals surface area contributed by atoms with Crippen molar-refractivity contribution < 1.29 is 4.79 Å². The summed E-state index contributed by atoms with van der Waals surface area (Å²) in [5.41, 5.74) is 8.06. The minimum Gasteiger partial charge on any atom is -0.337 e. The fourth-order valence-corrected chi connectivity index (χ4v) is 2.71. The molecule has 2 unspecified atom stereocenters. The van der Waals surface area contributed by atoms with E-state index in [0.29, 0.717) is 6.42 Å². The Morgan fingerprint density at radius 2 is 2.11 bits per heavy atom. The van der Waals surface area contributed by atoms with Crippen LogP contribution in [0.5, 0.6) is 0 Å². The lowest BCUT2D eigenvalue weighted by Gasteiger charge is -2.24. The van der Waals surface area contributed by atoms with E-state index in [1.165, 1.54) is 0 Å². The van der Waals surface area contributed by atoms with Gasteiger partial charge >= 0.3 is 0 Å². The molecule has 0 saturated carbocycles. The highest BCUT2D eigenvalue weighted by Crippen LogP contribution is 2.33.